The lowest BCUT2D eigenvalue weighted by Crippen LogP contribution is -2.39. The zero-order valence-electron chi connectivity index (χ0n) is 20.9. The first-order valence-corrected chi connectivity index (χ1v) is 12.3. The van der Waals surface area contributed by atoms with Gasteiger partial charge >= 0.3 is 6.03 Å². The molecule has 3 aromatic rings. The Kier molecular flexibility index (Phi) is 8.18. The fraction of sp³-hybridized carbons (Fsp3) is 0.276. The number of carbonyl (C=O) groups is 3. The van der Waals surface area contributed by atoms with Crippen molar-refractivity contribution in [2.24, 2.45) is 0 Å². The Balaban J connectivity index is 1.52. The second-order valence-corrected chi connectivity index (χ2v) is 8.97. The van der Waals surface area contributed by atoms with Crippen LogP contribution in [0.15, 0.2) is 72.8 Å². The topological polar surface area (TPSA) is 79.0 Å². The minimum absolute atomic E-state index is 0.0925. The molecule has 0 saturated carbocycles. The van der Waals surface area contributed by atoms with E-state index in [-0.39, 0.29) is 25.2 Å². The molecule has 1 atom stereocenters. The van der Waals surface area contributed by atoms with Gasteiger partial charge in [-0.25, -0.2) is 14.1 Å². The van der Waals surface area contributed by atoms with Gasteiger partial charge in [-0.15, -0.1) is 0 Å². The highest BCUT2D eigenvalue weighted by Gasteiger charge is 2.46. The molecule has 1 fully saturated rings. The number of hydrogen-bond donors (Lipinski definition) is 1. The standard InChI is InChI=1S/C29H30FN3O4/c1-3-17-37-24-13-11-22(12-14-24)31-27(34)19-26-28(35)33(23-9-6-7-20(2)18-23)29(36)32(26)16-15-21-8-4-5-10-25(21)30/h4-14,18,26H,3,15-17,19H2,1-2H3,(H,31,34)/t26-/m1/s1. The van der Waals surface area contributed by atoms with Crippen LogP contribution in [-0.4, -0.2) is 41.9 Å². The predicted molar refractivity (Wildman–Crippen MR) is 140 cm³/mol. The molecule has 1 aliphatic heterocycles. The third kappa shape index (κ3) is 6.14. The van der Waals surface area contributed by atoms with Crippen LogP contribution in [-0.2, 0) is 16.0 Å². The molecule has 4 amide bonds. The van der Waals surface area contributed by atoms with E-state index < -0.39 is 23.9 Å². The molecule has 7 nitrogen and oxygen atoms in total. The SMILES string of the molecule is CCCOc1ccc(NC(=O)C[C@@H]2C(=O)N(c3cccc(C)c3)C(=O)N2CCc2ccccc2F)cc1. The van der Waals surface area contributed by atoms with Crippen LogP contribution < -0.4 is 15.0 Å². The van der Waals surface area contributed by atoms with Crippen molar-refractivity contribution in [3.05, 3.63) is 89.7 Å². The lowest BCUT2D eigenvalue weighted by molar-refractivity contribution is -0.124. The predicted octanol–water partition coefficient (Wildman–Crippen LogP) is 5.33. The van der Waals surface area contributed by atoms with E-state index in [9.17, 15) is 18.8 Å². The summed E-state index contributed by atoms with van der Waals surface area (Å²) in [4.78, 5) is 42.2. The van der Waals surface area contributed by atoms with E-state index in [1.807, 2.05) is 19.9 Å². The van der Waals surface area contributed by atoms with Crippen molar-refractivity contribution in [1.82, 2.24) is 4.90 Å². The minimum Gasteiger partial charge on any atom is -0.494 e. The molecule has 0 aromatic heterocycles. The average molecular weight is 504 g/mol. The van der Waals surface area contributed by atoms with Crippen LogP contribution in [0.1, 0.15) is 30.9 Å². The molecule has 0 unspecified atom stereocenters. The summed E-state index contributed by atoms with van der Waals surface area (Å²) in [7, 11) is 0. The summed E-state index contributed by atoms with van der Waals surface area (Å²) < 4.78 is 19.8. The number of halogens is 1. The quantitative estimate of drug-likeness (QED) is 0.379. The van der Waals surface area contributed by atoms with Crippen molar-refractivity contribution in [1.29, 1.82) is 0 Å². The minimum atomic E-state index is -1.01. The van der Waals surface area contributed by atoms with Gasteiger partial charge in [0.15, 0.2) is 0 Å². The second kappa shape index (κ2) is 11.7. The molecule has 192 valence electrons. The number of anilines is 2. The van der Waals surface area contributed by atoms with Crippen LogP contribution in [0.3, 0.4) is 0 Å². The first-order valence-electron chi connectivity index (χ1n) is 12.3. The molecule has 3 aromatic carbocycles. The van der Waals surface area contributed by atoms with Gasteiger partial charge in [0.2, 0.25) is 5.91 Å². The molecular formula is C29H30FN3O4. The van der Waals surface area contributed by atoms with Crippen LogP contribution in [0.5, 0.6) is 5.75 Å². The highest BCUT2D eigenvalue weighted by atomic mass is 19.1. The zero-order valence-corrected chi connectivity index (χ0v) is 20.9. The maximum Gasteiger partial charge on any atom is 0.332 e. The third-order valence-corrected chi connectivity index (χ3v) is 6.15. The molecule has 4 rings (SSSR count). The number of amides is 4. The van der Waals surface area contributed by atoms with E-state index in [0.29, 0.717) is 29.3 Å². The first-order chi connectivity index (χ1) is 17.9. The fourth-order valence-corrected chi connectivity index (χ4v) is 4.28. The number of aryl methyl sites for hydroxylation is 1. The monoisotopic (exact) mass is 503 g/mol. The maximum absolute atomic E-state index is 14.2. The molecule has 1 heterocycles. The van der Waals surface area contributed by atoms with Crippen LogP contribution in [0.25, 0.3) is 0 Å². The first kappa shape index (κ1) is 25.9. The molecule has 0 radical (unpaired) electrons. The van der Waals surface area contributed by atoms with Crippen LogP contribution in [0.4, 0.5) is 20.6 Å². The van der Waals surface area contributed by atoms with Gasteiger partial charge in [-0.1, -0.05) is 37.3 Å². The zero-order chi connectivity index (χ0) is 26.4. The molecule has 37 heavy (non-hydrogen) atoms. The Labute approximate surface area is 215 Å². The van der Waals surface area contributed by atoms with Crippen LogP contribution in [0.2, 0.25) is 0 Å². The van der Waals surface area contributed by atoms with E-state index in [2.05, 4.69) is 5.32 Å². The molecule has 0 spiro atoms. The van der Waals surface area contributed by atoms with Crippen molar-refractivity contribution in [3.8, 4) is 5.75 Å². The summed E-state index contributed by atoms with van der Waals surface area (Å²) in [6.45, 7) is 4.58. The van der Waals surface area contributed by atoms with E-state index in [1.165, 1.54) is 11.0 Å². The number of hydrogen-bond acceptors (Lipinski definition) is 4. The number of rotatable bonds is 10. The normalized spacial score (nSPS) is 15.3. The second-order valence-electron chi connectivity index (χ2n) is 8.97. The Morgan fingerprint density at radius 3 is 2.49 bits per heavy atom. The number of carbonyl (C=O) groups excluding carboxylic acids is 3. The van der Waals surface area contributed by atoms with Gasteiger partial charge in [-0.2, -0.15) is 0 Å². The lowest BCUT2D eigenvalue weighted by Gasteiger charge is -2.21. The van der Waals surface area contributed by atoms with E-state index >= 15 is 0 Å². The lowest BCUT2D eigenvalue weighted by atomic mass is 10.1. The molecule has 8 heteroatoms. The van der Waals surface area contributed by atoms with Crippen molar-refractivity contribution < 1.29 is 23.5 Å². The highest BCUT2D eigenvalue weighted by Crippen LogP contribution is 2.28. The Morgan fingerprint density at radius 2 is 1.78 bits per heavy atom. The maximum atomic E-state index is 14.2. The number of imide groups is 1. The smallest absolute Gasteiger partial charge is 0.332 e. The van der Waals surface area contributed by atoms with E-state index in [1.54, 1.807) is 60.7 Å². The number of nitrogens with one attached hydrogen (secondary N) is 1. The molecular weight excluding hydrogens is 473 g/mol. The largest absolute Gasteiger partial charge is 0.494 e. The Morgan fingerprint density at radius 1 is 1.03 bits per heavy atom. The van der Waals surface area contributed by atoms with Gasteiger partial charge < -0.3 is 15.0 Å². The number of ether oxygens (including phenoxy) is 1. The highest BCUT2D eigenvalue weighted by molar-refractivity contribution is 6.22. The summed E-state index contributed by atoms with van der Waals surface area (Å²) in [5.41, 5.74) is 2.32. The van der Waals surface area contributed by atoms with E-state index in [0.717, 1.165) is 16.9 Å². The Bertz CT molecular complexity index is 1280. The van der Waals surface area contributed by atoms with Crippen LogP contribution in [0, 0.1) is 12.7 Å². The van der Waals surface area contributed by atoms with Gasteiger partial charge in [0.25, 0.3) is 5.91 Å². The Hall–Kier alpha value is -4.20. The molecule has 1 N–H and O–H groups in total. The van der Waals surface area contributed by atoms with Crippen molar-refractivity contribution in [2.45, 2.75) is 39.2 Å². The van der Waals surface area contributed by atoms with Gasteiger partial charge in [0.05, 0.1) is 18.7 Å². The number of urea groups is 1. The van der Waals surface area contributed by atoms with Crippen LogP contribution >= 0.6 is 0 Å². The summed E-state index contributed by atoms with van der Waals surface area (Å²) in [6, 6.07) is 18.8. The molecule has 0 aliphatic carbocycles. The molecule has 1 saturated heterocycles. The molecule has 1 aliphatic rings. The van der Waals surface area contributed by atoms with Crippen molar-refractivity contribution in [2.75, 3.05) is 23.4 Å². The molecule has 0 bridgehead atoms. The fourth-order valence-electron chi connectivity index (χ4n) is 4.28. The van der Waals surface area contributed by atoms with E-state index in [4.69, 9.17) is 4.74 Å². The van der Waals surface area contributed by atoms with Gasteiger partial charge in [-0.05, 0) is 73.4 Å². The van der Waals surface area contributed by atoms with Gasteiger partial charge in [0, 0.05) is 12.2 Å². The summed E-state index contributed by atoms with van der Waals surface area (Å²) in [5.74, 6) is -0.570. The summed E-state index contributed by atoms with van der Waals surface area (Å²) in [6.07, 6.45) is 0.878. The average Bonchev–Trinajstić information content (AvgIpc) is 3.11. The summed E-state index contributed by atoms with van der Waals surface area (Å²) in [5, 5.41) is 2.79. The summed E-state index contributed by atoms with van der Waals surface area (Å²) >= 11 is 0. The van der Waals surface area contributed by atoms with Gasteiger partial charge in [0.1, 0.15) is 17.6 Å². The van der Waals surface area contributed by atoms with Crippen molar-refractivity contribution in [3.63, 3.8) is 0 Å². The third-order valence-electron chi connectivity index (χ3n) is 6.15. The van der Waals surface area contributed by atoms with Crippen molar-refractivity contribution >= 4 is 29.2 Å². The number of nitrogens with zero attached hydrogens (tertiary/aromatic N) is 2. The number of benzene rings is 3. The van der Waals surface area contributed by atoms with Gasteiger partial charge in [-0.3, -0.25) is 9.59 Å².